The molecule has 1 aliphatic heterocycles. The highest BCUT2D eigenvalue weighted by molar-refractivity contribution is 7.99. The zero-order valence-electron chi connectivity index (χ0n) is 15.0. The Morgan fingerprint density at radius 1 is 1.22 bits per heavy atom. The summed E-state index contributed by atoms with van der Waals surface area (Å²) in [6.07, 6.45) is 0.875. The molecule has 8 nitrogen and oxygen atoms in total. The number of para-hydroxylation sites is 1. The maximum atomic E-state index is 11.5. The van der Waals surface area contributed by atoms with Crippen LogP contribution in [0.5, 0.6) is 0 Å². The summed E-state index contributed by atoms with van der Waals surface area (Å²) in [7, 11) is 0. The van der Waals surface area contributed by atoms with E-state index in [2.05, 4.69) is 10.2 Å². The van der Waals surface area contributed by atoms with Crippen molar-refractivity contribution in [2.45, 2.75) is 24.4 Å². The summed E-state index contributed by atoms with van der Waals surface area (Å²) in [5.74, 6) is 1.15. The van der Waals surface area contributed by atoms with Crippen LogP contribution in [0, 0.1) is 0 Å². The molecular weight excluding hydrogens is 366 g/mol. The highest BCUT2D eigenvalue weighted by atomic mass is 32.2. The van der Waals surface area contributed by atoms with Gasteiger partial charge in [-0.1, -0.05) is 18.2 Å². The number of primary amides is 1. The van der Waals surface area contributed by atoms with E-state index in [1.54, 1.807) is 11.8 Å². The third-order valence-electron chi connectivity index (χ3n) is 4.13. The Bertz CT molecular complexity index is 811. The lowest BCUT2D eigenvalue weighted by Gasteiger charge is -2.25. The van der Waals surface area contributed by atoms with Crippen molar-refractivity contribution in [3.05, 3.63) is 30.1 Å². The van der Waals surface area contributed by atoms with Crippen molar-refractivity contribution in [3.63, 3.8) is 0 Å². The van der Waals surface area contributed by atoms with Crippen molar-refractivity contribution < 1.29 is 14.3 Å². The predicted molar refractivity (Wildman–Crippen MR) is 103 cm³/mol. The monoisotopic (exact) mass is 389 g/mol. The molecule has 27 heavy (non-hydrogen) atoms. The van der Waals surface area contributed by atoms with E-state index in [1.165, 1.54) is 0 Å². The van der Waals surface area contributed by atoms with Crippen molar-refractivity contribution in [3.8, 4) is 0 Å². The number of hydrogen-bond acceptors (Lipinski definition) is 7. The molecule has 1 aromatic heterocycles. The third kappa shape index (κ3) is 5.88. The zero-order chi connectivity index (χ0) is 19.1. The number of nitrogens with one attached hydrogen (secondary N) is 1. The van der Waals surface area contributed by atoms with E-state index in [0.717, 1.165) is 48.1 Å². The van der Waals surface area contributed by atoms with Crippen LogP contribution in [0.25, 0.3) is 10.9 Å². The molecular formula is C18H23N5O3S. The molecule has 1 fully saturated rings. The number of nitrogens with zero attached hydrogens (tertiary/aromatic N) is 3. The second-order valence-electron chi connectivity index (χ2n) is 6.22. The minimum atomic E-state index is -0.817. The van der Waals surface area contributed by atoms with Gasteiger partial charge in [0.25, 0.3) is 0 Å². The average molecular weight is 389 g/mol. The second-order valence-corrected chi connectivity index (χ2v) is 7.30. The number of hydrogen-bond donors (Lipinski definition) is 2. The number of fused-ring (bicyclic) bond motifs is 1. The molecule has 3 N–H and O–H groups in total. The number of benzene rings is 1. The largest absolute Gasteiger partial charge is 0.379 e. The van der Waals surface area contributed by atoms with Gasteiger partial charge < -0.3 is 10.5 Å². The molecule has 9 heteroatoms. The summed E-state index contributed by atoms with van der Waals surface area (Å²) in [4.78, 5) is 33.9. The summed E-state index contributed by atoms with van der Waals surface area (Å²) in [5.41, 5.74) is 5.86. The zero-order valence-corrected chi connectivity index (χ0v) is 15.8. The van der Waals surface area contributed by atoms with Crippen LogP contribution < -0.4 is 11.1 Å². The van der Waals surface area contributed by atoms with Crippen LogP contribution in [0.2, 0.25) is 0 Å². The molecule has 1 aliphatic rings. The Labute approximate surface area is 161 Å². The molecule has 1 aromatic carbocycles. The quantitative estimate of drug-likeness (QED) is 0.420. The first-order chi connectivity index (χ1) is 13.1. The molecule has 0 saturated carbocycles. The average Bonchev–Trinajstić information content (AvgIpc) is 2.65. The number of nitrogens with two attached hydrogens (primary N) is 1. The van der Waals surface area contributed by atoms with Gasteiger partial charge in [-0.25, -0.2) is 14.8 Å². The van der Waals surface area contributed by atoms with Crippen LogP contribution in [0.4, 0.5) is 4.79 Å². The van der Waals surface area contributed by atoms with Gasteiger partial charge in [-0.2, -0.15) is 0 Å². The Morgan fingerprint density at radius 2 is 2.00 bits per heavy atom. The number of carbonyl (C=O) groups excluding carboxylic acids is 2. The molecule has 0 atom stereocenters. The highest BCUT2D eigenvalue weighted by Crippen LogP contribution is 2.26. The summed E-state index contributed by atoms with van der Waals surface area (Å²) in [6, 6.07) is 7.12. The van der Waals surface area contributed by atoms with Crippen molar-refractivity contribution in [1.82, 2.24) is 20.2 Å². The van der Waals surface area contributed by atoms with Crippen LogP contribution in [0.3, 0.4) is 0 Å². The molecule has 1 saturated heterocycles. The van der Waals surface area contributed by atoms with Crippen LogP contribution in [0.15, 0.2) is 29.3 Å². The Hall–Kier alpha value is -2.23. The number of amides is 3. The number of aromatic nitrogens is 2. The minimum absolute atomic E-state index is 0.250. The first-order valence-corrected chi connectivity index (χ1v) is 9.88. The summed E-state index contributed by atoms with van der Waals surface area (Å²) < 4.78 is 5.39. The standard InChI is InChI=1S/C18H23N5O3S/c19-18(25)22-16(24)6-3-11-27-17-13-4-1-2-5-14(13)20-15(21-17)12-23-7-9-26-10-8-23/h1-2,4-5H,3,6-12H2,(H3,19,22,24,25). The van der Waals surface area contributed by atoms with Crippen LogP contribution >= 0.6 is 11.8 Å². The fourth-order valence-electron chi connectivity index (χ4n) is 2.83. The first kappa shape index (κ1) is 19.5. The van der Waals surface area contributed by atoms with Gasteiger partial charge in [0.05, 0.1) is 25.3 Å². The van der Waals surface area contributed by atoms with E-state index in [4.69, 9.17) is 20.4 Å². The topological polar surface area (TPSA) is 110 Å². The summed E-state index contributed by atoms with van der Waals surface area (Å²) >= 11 is 1.60. The van der Waals surface area contributed by atoms with Crippen LogP contribution in [-0.4, -0.2) is 58.9 Å². The van der Waals surface area contributed by atoms with Crippen LogP contribution in [-0.2, 0) is 16.1 Å². The van der Waals surface area contributed by atoms with Gasteiger partial charge >= 0.3 is 6.03 Å². The molecule has 0 bridgehead atoms. The van der Waals surface area contributed by atoms with Gasteiger partial charge in [0.2, 0.25) is 5.91 Å². The molecule has 3 amide bonds. The van der Waals surface area contributed by atoms with E-state index in [-0.39, 0.29) is 12.3 Å². The van der Waals surface area contributed by atoms with Crippen molar-refractivity contribution in [2.75, 3.05) is 32.1 Å². The lowest BCUT2D eigenvalue weighted by Crippen LogP contribution is -2.36. The summed E-state index contributed by atoms with van der Waals surface area (Å²) in [5, 5.41) is 4.00. The van der Waals surface area contributed by atoms with Crippen molar-refractivity contribution in [1.29, 1.82) is 0 Å². The van der Waals surface area contributed by atoms with Gasteiger partial charge in [-0.05, 0) is 12.5 Å². The second kappa shape index (κ2) is 9.63. The maximum Gasteiger partial charge on any atom is 0.318 e. The maximum absolute atomic E-state index is 11.5. The van der Waals surface area contributed by atoms with E-state index >= 15 is 0 Å². The van der Waals surface area contributed by atoms with Gasteiger partial charge in [-0.15, -0.1) is 11.8 Å². The van der Waals surface area contributed by atoms with Gasteiger partial charge in [0.15, 0.2) is 0 Å². The van der Waals surface area contributed by atoms with E-state index in [1.807, 2.05) is 24.3 Å². The molecule has 3 rings (SSSR count). The Kier molecular flexibility index (Phi) is 6.97. The lowest BCUT2D eigenvalue weighted by atomic mass is 10.2. The molecule has 0 unspecified atom stereocenters. The molecule has 144 valence electrons. The summed E-state index contributed by atoms with van der Waals surface area (Å²) in [6.45, 7) is 3.94. The highest BCUT2D eigenvalue weighted by Gasteiger charge is 2.14. The number of carbonyl (C=O) groups is 2. The minimum Gasteiger partial charge on any atom is -0.379 e. The number of morpholine rings is 1. The van der Waals surface area contributed by atoms with Crippen LogP contribution in [0.1, 0.15) is 18.7 Å². The third-order valence-corrected chi connectivity index (χ3v) is 5.21. The SMILES string of the molecule is NC(=O)NC(=O)CCCSc1nc(CN2CCOCC2)nc2ccccc12. The van der Waals surface area contributed by atoms with Gasteiger partial charge in [0.1, 0.15) is 10.9 Å². The van der Waals surface area contributed by atoms with Gasteiger partial charge in [0, 0.05) is 30.6 Å². The number of imide groups is 1. The fraction of sp³-hybridized carbons (Fsp3) is 0.444. The van der Waals surface area contributed by atoms with Crippen molar-refractivity contribution >= 4 is 34.6 Å². The normalized spacial score (nSPS) is 15.0. The molecule has 0 aliphatic carbocycles. The molecule has 0 spiro atoms. The lowest BCUT2D eigenvalue weighted by molar-refractivity contribution is -0.119. The van der Waals surface area contributed by atoms with Gasteiger partial charge in [-0.3, -0.25) is 15.0 Å². The number of thioether (sulfide) groups is 1. The van der Waals surface area contributed by atoms with E-state index in [9.17, 15) is 9.59 Å². The number of rotatable bonds is 7. The van der Waals surface area contributed by atoms with E-state index in [0.29, 0.717) is 18.7 Å². The van der Waals surface area contributed by atoms with Crippen molar-refractivity contribution in [2.24, 2.45) is 5.73 Å². The molecule has 2 aromatic rings. The number of urea groups is 1. The molecule has 2 heterocycles. The predicted octanol–water partition coefficient (Wildman–Crippen LogP) is 1.53. The molecule has 0 radical (unpaired) electrons. The Balaban J connectivity index is 1.65. The fourth-order valence-corrected chi connectivity index (χ4v) is 3.82. The first-order valence-electron chi connectivity index (χ1n) is 8.89. The smallest absolute Gasteiger partial charge is 0.318 e. The Morgan fingerprint density at radius 3 is 2.78 bits per heavy atom. The number of ether oxygens (including phenoxy) is 1. The van der Waals surface area contributed by atoms with E-state index < -0.39 is 6.03 Å².